The van der Waals surface area contributed by atoms with E-state index in [1.165, 1.54) is 0 Å². The van der Waals surface area contributed by atoms with Gasteiger partial charge in [-0.15, -0.1) is 0 Å². The zero-order chi connectivity index (χ0) is 19.8. The van der Waals surface area contributed by atoms with E-state index in [0.29, 0.717) is 0 Å². The van der Waals surface area contributed by atoms with Crippen molar-refractivity contribution < 1.29 is 9.84 Å². The Hall–Kier alpha value is -3.19. The molecule has 7 heteroatoms. The summed E-state index contributed by atoms with van der Waals surface area (Å²) >= 11 is 0. The van der Waals surface area contributed by atoms with Gasteiger partial charge in [0.05, 0.1) is 19.4 Å². The average Bonchev–Trinajstić information content (AvgIpc) is 2.75. The first-order chi connectivity index (χ1) is 13.7. The molecule has 0 aliphatic rings. The van der Waals surface area contributed by atoms with Gasteiger partial charge in [-0.25, -0.2) is 15.0 Å². The molecule has 0 aliphatic carbocycles. The second-order valence-electron chi connectivity index (χ2n) is 6.44. The Labute approximate surface area is 164 Å². The van der Waals surface area contributed by atoms with Crippen molar-refractivity contribution in [3.63, 3.8) is 0 Å². The summed E-state index contributed by atoms with van der Waals surface area (Å²) in [7, 11) is 1.68. The third-order valence-electron chi connectivity index (χ3n) is 4.29. The van der Waals surface area contributed by atoms with E-state index in [0.717, 1.165) is 47.2 Å². The van der Waals surface area contributed by atoms with Gasteiger partial charge in [-0.3, -0.25) is 0 Å². The lowest BCUT2D eigenvalue weighted by atomic mass is 10.1. The Kier molecular flexibility index (Phi) is 6.75. The number of aliphatic hydroxyl groups excluding tert-OH is 1. The number of ether oxygens (including phenoxy) is 1. The Morgan fingerprint density at radius 3 is 2.68 bits per heavy atom. The Morgan fingerprint density at radius 1 is 1.07 bits per heavy atom. The molecule has 0 radical (unpaired) electrons. The largest absolute Gasteiger partial charge is 0.496 e. The maximum Gasteiger partial charge on any atom is 0.129 e. The minimum atomic E-state index is -0.0450. The quantitative estimate of drug-likeness (QED) is 0.526. The van der Waals surface area contributed by atoms with Crippen molar-refractivity contribution in [1.29, 1.82) is 0 Å². The fourth-order valence-electron chi connectivity index (χ4n) is 2.78. The van der Waals surface area contributed by atoms with Crippen molar-refractivity contribution in [3.05, 3.63) is 60.6 Å². The summed E-state index contributed by atoms with van der Waals surface area (Å²) < 4.78 is 5.39. The number of nitrogens with zero attached hydrogens (tertiary/aromatic N) is 3. The first-order valence-corrected chi connectivity index (χ1v) is 9.21. The average molecular weight is 379 g/mol. The van der Waals surface area contributed by atoms with Gasteiger partial charge in [-0.1, -0.05) is 18.2 Å². The molecule has 2 aromatic heterocycles. The van der Waals surface area contributed by atoms with Crippen LogP contribution in [0.1, 0.15) is 12.5 Å². The minimum absolute atomic E-state index is 0.0450. The molecule has 1 unspecified atom stereocenters. The molecule has 3 N–H and O–H groups in total. The first kappa shape index (κ1) is 19.6. The molecule has 146 valence electrons. The van der Waals surface area contributed by atoms with Crippen molar-refractivity contribution in [1.82, 2.24) is 15.0 Å². The molecule has 0 saturated carbocycles. The molecule has 1 aromatic carbocycles. The number of para-hydroxylation sites is 1. The molecular formula is C21H25N5O2. The number of rotatable bonds is 9. The van der Waals surface area contributed by atoms with E-state index in [2.05, 4.69) is 31.7 Å². The van der Waals surface area contributed by atoms with E-state index >= 15 is 0 Å². The standard InChI is InChI=1S/C21H25N5O2/c1-15(13-27)26-20-8-7-17(12-23-20)18-11-21(25-14-24-18)22-10-9-16-5-3-4-6-19(16)28-2/h3-8,11-12,14-15,27H,9-10,13H2,1-2H3,(H,23,26)(H,22,24,25). The van der Waals surface area contributed by atoms with E-state index in [1.54, 1.807) is 19.6 Å². The maximum absolute atomic E-state index is 9.11. The normalized spacial score (nSPS) is 11.7. The van der Waals surface area contributed by atoms with Crippen LogP contribution in [0.2, 0.25) is 0 Å². The second kappa shape index (κ2) is 9.66. The van der Waals surface area contributed by atoms with Crippen LogP contribution in [0.15, 0.2) is 55.0 Å². The topological polar surface area (TPSA) is 92.2 Å². The van der Waals surface area contributed by atoms with Gasteiger partial charge in [0.25, 0.3) is 0 Å². The lowest BCUT2D eigenvalue weighted by Gasteiger charge is -2.12. The highest BCUT2D eigenvalue weighted by atomic mass is 16.5. The van der Waals surface area contributed by atoms with Crippen molar-refractivity contribution in [2.75, 3.05) is 30.9 Å². The minimum Gasteiger partial charge on any atom is -0.496 e. The number of benzene rings is 1. The van der Waals surface area contributed by atoms with Gasteiger partial charge in [0.2, 0.25) is 0 Å². The van der Waals surface area contributed by atoms with Gasteiger partial charge in [0.1, 0.15) is 23.7 Å². The Balaban J connectivity index is 1.62. The molecule has 0 amide bonds. The van der Waals surface area contributed by atoms with E-state index in [4.69, 9.17) is 9.84 Å². The summed E-state index contributed by atoms with van der Waals surface area (Å²) in [6, 6.07) is 13.7. The first-order valence-electron chi connectivity index (χ1n) is 9.21. The van der Waals surface area contributed by atoms with Crippen LogP contribution in [-0.4, -0.2) is 46.4 Å². The predicted molar refractivity (Wildman–Crippen MR) is 111 cm³/mol. The molecular weight excluding hydrogens is 354 g/mol. The van der Waals surface area contributed by atoms with E-state index in [9.17, 15) is 0 Å². The molecule has 0 bridgehead atoms. The van der Waals surface area contributed by atoms with Gasteiger partial charge >= 0.3 is 0 Å². The van der Waals surface area contributed by atoms with E-state index in [-0.39, 0.29) is 12.6 Å². The Bertz CT molecular complexity index is 886. The third-order valence-corrected chi connectivity index (χ3v) is 4.29. The lowest BCUT2D eigenvalue weighted by molar-refractivity contribution is 0.281. The third kappa shape index (κ3) is 5.17. The maximum atomic E-state index is 9.11. The van der Waals surface area contributed by atoms with Crippen molar-refractivity contribution >= 4 is 11.6 Å². The lowest BCUT2D eigenvalue weighted by Crippen LogP contribution is -2.19. The number of aromatic nitrogens is 3. The zero-order valence-corrected chi connectivity index (χ0v) is 16.1. The summed E-state index contributed by atoms with van der Waals surface area (Å²) in [5.41, 5.74) is 2.85. The van der Waals surface area contributed by atoms with Crippen LogP contribution in [-0.2, 0) is 6.42 Å². The molecule has 3 rings (SSSR count). The summed E-state index contributed by atoms with van der Waals surface area (Å²) in [6.07, 6.45) is 4.13. The molecule has 7 nitrogen and oxygen atoms in total. The second-order valence-corrected chi connectivity index (χ2v) is 6.44. The van der Waals surface area contributed by atoms with Gasteiger partial charge in [0, 0.05) is 30.4 Å². The smallest absolute Gasteiger partial charge is 0.129 e. The summed E-state index contributed by atoms with van der Waals surface area (Å²) in [4.78, 5) is 13.0. The van der Waals surface area contributed by atoms with Gasteiger partial charge < -0.3 is 20.5 Å². The number of hydrogen-bond donors (Lipinski definition) is 3. The number of methoxy groups -OCH3 is 1. The molecule has 3 aromatic rings. The molecule has 2 heterocycles. The van der Waals surface area contributed by atoms with E-state index < -0.39 is 0 Å². The molecule has 0 saturated heterocycles. The van der Waals surface area contributed by atoms with Crippen molar-refractivity contribution in [2.45, 2.75) is 19.4 Å². The molecule has 0 aliphatic heterocycles. The zero-order valence-electron chi connectivity index (χ0n) is 16.1. The van der Waals surface area contributed by atoms with Crippen molar-refractivity contribution in [3.8, 4) is 17.0 Å². The SMILES string of the molecule is COc1ccccc1CCNc1cc(-c2ccc(NC(C)CO)nc2)ncn1. The number of pyridine rings is 1. The van der Waals surface area contributed by atoms with E-state index in [1.807, 2.05) is 43.3 Å². The number of hydrogen-bond acceptors (Lipinski definition) is 7. The predicted octanol–water partition coefficient (Wildman–Crippen LogP) is 2.99. The highest BCUT2D eigenvalue weighted by molar-refractivity contribution is 5.62. The fraction of sp³-hybridized carbons (Fsp3) is 0.286. The number of anilines is 2. The summed E-state index contributed by atoms with van der Waals surface area (Å²) in [5.74, 6) is 2.37. The van der Waals surface area contributed by atoms with Gasteiger partial charge in [-0.05, 0) is 37.1 Å². The van der Waals surface area contributed by atoms with Crippen LogP contribution in [0.5, 0.6) is 5.75 Å². The number of aliphatic hydroxyl groups is 1. The van der Waals surface area contributed by atoms with Crippen LogP contribution in [0, 0.1) is 0 Å². The van der Waals surface area contributed by atoms with Crippen LogP contribution < -0.4 is 15.4 Å². The van der Waals surface area contributed by atoms with Crippen LogP contribution in [0.3, 0.4) is 0 Å². The number of nitrogens with one attached hydrogen (secondary N) is 2. The molecule has 28 heavy (non-hydrogen) atoms. The van der Waals surface area contributed by atoms with Gasteiger partial charge in [-0.2, -0.15) is 0 Å². The molecule has 0 fully saturated rings. The summed E-state index contributed by atoms with van der Waals surface area (Å²) in [5, 5.41) is 15.6. The highest BCUT2D eigenvalue weighted by Gasteiger charge is 2.06. The van der Waals surface area contributed by atoms with Gasteiger partial charge in [0.15, 0.2) is 0 Å². The monoisotopic (exact) mass is 379 g/mol. The summed E-state index contributed by atoms with van der Waals surface area (Å²) in [6.45, 7) is 2.68. The highest BCUT2D eigenvalue weighted by Crippen LogP contribution is 2.20. The van der Waals surface area contributed by atoms with Crippen LogP contribution in [0.4, 0.5) is 11.6 Å². The molecule has 0 spiro atoms. The van der Waals surface area contributed by atoms with Crippen molar-refractivity contribution in [2.24, 2.45) is 0 Å². The Morgan fingerprint density at radius 2 is 1.93 bits per heavy atom. The molecule has 1 atom stereocenters. The van der Waals surface area contributed by atoms with Crippen LogP contribution >= 0.6 is 0 Å². The van der Waals surface area contributed by atoms with Crippen LogP contribution in [0.25, 0.3) is 11.3 Å². The fourth-order valence-corrected chi connectivity index (χ4v) is 2.78.